The smallest absolute Gasteiger partial charge is 0.308 e. The van der Waals surface area contributed by atoms with Crippen LogP contribution in [0.15, 0.2) is 30.3 Å². The monoisotopic (exact) mass is 305 g/mol. The quantitative estimate of drug-likeness (QED) is 0.882. The summed E-state index contributed by atoms with van der Waals surface area (Å²) in [6.45, 7) is 4.13. The fraction of sp³-hybridized carbons (Fsp3) is 0.375. The van der Waals surface area contributed by atoms with Crippen molar-refractivity contribution in [2.45, 2.75) is 26.4 Å². The molecule has 1 heterocycles. The fourth-order valence-corrected chi connectivity index (χ4v) is 3.56. The largest absolute Gasteiger partial charge is 0.481 e. The van der Waals surface area contributed by atoms with Crippen LogP contribution in [0.3, 0.4) is 0 Å². The average Bonchev–Trinajstić information content (AvgIpc) is 2.83. The number of aliphatic carboxylic acids is 1. The van der Waals surface area contributed by atoms with E-state index in [2.05, 4.69) is 18.8 Å². The van der Waals surface area contributed by atoms with E-state index in [9.17, 15) is 4.79 Å². The predicted molar refractivity (Wildman–Crippen MR) is 83.5 cm³/mol. The van der Waals surface area contributed by atoms with Crippen molar-refractivity contribution in [1.29, 1.82) is 0 Å². The van der Waals surface area contributed by atoms with Gasteiger partial charge < -0.3 is 9.84 Å². The molecule has 0 spiro atoms. The van der Waals surface area contributed by atoms with E-state index in [0.29, 0.717) is 0 Å². The van der Waals surface area contributed by atoms with Crippen molar-refractivity contribution < 1.29 is 14.6 Å². The maximum Gasteiger partial charge on any atom is 0.308 e. The van der Waals surface area contributed by atoms with Gasteiger partial charge in [0.15, 0.2) is 0 Å². The Morgan fingerprint density at radius 3 is 2.52 bits per heavy atom. The Kier molecular flexibility index (Phi) is 5.09. The van der Waals surface area contributed by atoms with E-state index in [4.69, 9.17) is 9.84 Å². The van der Waals surface area contributed by atoms with Gasteiger partial charge in [0.1, 0.15) is 11.1 Å². The lowest BCUT2D eigenvalue weighted by molar-refractivity contribution is -0.136. The SMILES string of the molecule is COC(c1nc(-c2ccccc2)c(CC(=O)O)s1)C(C)C. The first kappa shape index (κ1) is 15.7. The lowest BCUT2D eigenvalue weighted by Gasteiger charge is -2.15. The standard InChI is InChI=1S/C16H19NO3S/c1-10(2)15(20-3)16-17-14(11-7-5-4-6-8-11)12(21-16)9-13(18)19/h4-8,10,15H,9H2,1-3H3,(H,18,19). The highest BCUT2D eigenvalue weighted by atomic mass is 32.1. The van der Waals surface area contributed by atoms with E-state index in [-0.39, 0.29) is 18.4 Å². The van der Waals surface area contributed by atoms with Crippen LogP contribution in [0.2, 0.25) is 0 Å². The molecule has 0 aliphatic carbocycles. The third-order valence-electron chi connectivity index (χ3n) is 3.18. The van der Waals surface area contributed by atoms with Crippen LogP contribution in [-0.4, -0.2) is 23.2 Å². The first-order chi connectivity index (χ1) is 10.0. The topological polar surface area (TPSA) is 59.4 Å². The summed E-state index contributed by atoms with van der Waals surface area (Å²) in [5, 5.41) is 9.94. The van der Waals surface area contributed by atoms with Crippen LogP contribution in [0.4, 0.5) is 0 Å². The van der Waals surface area contributed by atoms with Gasteiger partial charge in [-0.25, -0.2) is 4.98 Å². The van der Waals surface area contributed by atoms with Crippen molar-refractivity contribution in [3.8, 4) is 11.3 Å². The van der Waals surface area contributed by atoms with Crippen LogP contribution in [0.5, 0.6) is 0 Å². The molecule has 2 aromatic rings. The summed E-state index contributed by atoms with van der Waals surface area (Å²) in [7, 11) is 1.66. The zero-order valence-electron chi connectivity index (χ0n) is 12.4. The summed E-state index contributed by atoms with van der Waals surface area (Å²) in [6, 6.07) is 9.67. The highest BCUT2D eigenvalue weighted by molar-refractivity contribution is 7.12. The number of hydrogen-bond donors (Lipinski definition) is 1. The Morgan fingerprint density at radius 1 is 1.33 bits per heavy atom. The number of benzene rings is 1. The van der Waals surface area contributed by atoms with Crippen LogP contribution >= 0.6 is 11.3 Å². The number of carbonyl (C=O) groups is 1. The highest BCUT2D eigenvalue weighted by Crippen LogP contribution is 2.35. The molecule has 0 saturated heterocycles. The van der Waals surface area contributed by atoms with Crippen molar-refractivity contribution in [3.63, 3.8) is 0 Å². The lowest BCUT2D eigenvalue weighted by Crippen LogP contribution is -2.08. The molecule has 1 aromatic carbocycles. The molecule has 5 heteroatoms. The molecule has 21 heavy (non-hydrogen) atoms. The van der Waals surface area contributed by atoms with E-state index in [1.54, 1.807) is 7.11 Å². The van der Waals surface area contributed by atoms with E-state index in [1.165, 1.54) is 11.3 Å². The average molecular weight is 305 g/mol. The summed E-state index contributed by atoms with van der Waals surface area (Å²) < 4.78 is 5.51. The third kappa shape index (κ3) is 3.68. The van der Waals surface area contributed by atoms with Crippen LogP contribution in [0.25, 0.3) is 11.3 Å². The van der Waals surface area contributed by atoms with Crippen molar-refractivity contribution >= 4 is 17.3 Å². The van der Waals surface area contributed by atoms with E-state index < -0.39 is 5.97 Å². The number of carboxylic acid groups (broad SMARTS) is 1. The second kappa shape index (κ2) is 6.83. The number of methoxy groups -OCH3 is 1. The molecular weight excluding hydrogens is 286 g/mol. The first-order valence-corrected chi connectivity index (χ1v) is 7.64. The molecule has 112 valence electrons. The van der Waals surface area contributed by atoms with Gasteiger partial charge in [0.25, 0.3) is 0 Å². The van der Waals surface area contributed by atoms with Gasteiger partial charge in [0.05, 0.1) is 12.1 Å². The number of carboxylic acids is 1. The molecule has 1 aromatic heterocycles. The minimum atomic E-state index is -0.846. The Balaban J connectivity index is 2.47. The van der Waals surface area contributed by atoms with Gasteiger partial charge in [0, 0.05) is 17.6 Å². The van der Waals surface area contributed by atoms with Crippen LogP contribution < -0.4 is 0 Å². The zero-order chi connectivity index (χ0) is 15.4. The molecule has 4 nitrogen and oxygen atoms in total. The Morgan fingerprint density at radius 2 is 2.00 bits per heavy atom. The Hall–Kier alpha value is -1.72. The van der Waals surface area contributed by atoms with E-state index in [0.717, 1.165) is 21.1 Å². The number of hydrogen-bond acceptors (Lipinski definition) is 4. The molecular formula is C16H19NO3S. The third-order valence-corrected chi connectivity index (χ3v) is 4.29. The molecule has 0 aliphatic rings. The van der Waals surface area contributed by atoms with E-state index in [1.807, 2.05) is 30.3 Å². The normalized spacial score (nSPS) is 12.6. The summed E-state index contributed by atoms with van der Waals surface area (Å²) >= 11 is 1.43. The predicted octanol–water partition coefficient (Wildman–Crippen LogP) is 3.78. The Labute approximate surface area is 128 Å². The van der Waals surface area contributed by atoms with Gasteiger partial charge in [-0.2, -0.15) is 0 Å². The number of aromatic nitrogens is 1. The molecule has 2 rings (SSSR count). The molecule has 1 atom stereocenters. The maximum absolute atomic E-state index is 11.1. The second-order valence-corrected chi connectivity index (χ2v) is 6.28. The minimum Gasteiger partial charge on any atom is -0.481 e. The molecule has 0 aliphatic heterocycles. The molecule has 0 amide bonds. The zero-order valence-corrected chi connectivity index (χ0v) is 13.2. The van der Waals surface area contributed by atoms with Crippen molar-refractivity contribution in [1.82, 2.24) is 4.98 Å². The van der Waals surface area contributed by atoms with Crippen molar-refractivity contribution in [2.75, 3.05) is 7.11 Å². The van der Waals surface area contributed by atoms with Gasteiger partial charge in [0.2, 0.25) is 0 Å². The summed E-state index contributed by atoms with van der Waals surface area (Å²) in [6.07, 6.45) is -0.129. The van der Waals surface area contributed by atoms with Crippen LogP contribution in [-0.2, 0) is 16.0 Å². The van der Waals surface area contributed by atoms with Gasteiger partial charge in [-0.1, -0.05) is 44.2 Å². The van der Waals surface area contributed by atoms with Gasteiger partial charge >= 0.3 is 5.97 Å². The number of ether oxygens (including phenoxy) is 1. The van der Waals surface area contributed by atoms with Gasteiger partial charge in [-0.15, -0.1) is 11.3 Å². The second-order valence-electron chi connectivity index (χ2n) is 5.16. The summed E-state index contributed by atoms with van der Waals surface area (Å²) in [4.78, 5) is 16.5. The minimum absolute atomic E-state index is 0.0174. The molecule has 1 N–H and O–H groups in total. The maximum atomic E-state index is 11.1. The number of nitrogens with zero attached hydrogens (tertiary/aromatic N) is 1. The van der Waals surface area contributed by atoms with E-state index >= 15 is 0 Å². The van der Waals surface area contributed by atoms with Gasteiger partial charge in [-0.3, -0.25) is 4.79 Å². The molecule has 0 radical (unpaired) electrons. The summed E-state index contributed by atoms with van der Waals surface area (Å²) in [5.74, 6) is -0.566. The fourth-order valence-electron chi connectivity index (χ4n) is 2.23. The van der Waals surface area contributed by atoms with Crippen molar-refractivity contribution in [3.05, 3.63) is 40.2 Å². The number of thiazole rings is 1. The van der Waals surface area contributed by atoms with Crippen molar-refractivity contribution in [2.24, 2.45) is 5.92 Å². The molecule has 1 unspecified atom stereocenters. The summed E-state index contributed by atoms with van der Waals surface area (Å²) in [5.41, 5.74) is 1.69. The highest BCUT2D eigenvalue weighted by Gasteiger charge is 2.23. The molecule has 0 bridgehead atoms. The van der Waals surface area contributed by atoms with Crippen LogP contribution in [0, 0.1) is 5.92 Å². The number of rotatable bonds is 6. The molecule has 0 saturated carbocycles. The van der Waals surface area contributed by atoms with Crippen LogP contribution in [0.1, 0.15) is 29.8 Å². The first-order valence-electron chi connectivity index (χ1n) is 6.82. The van der Waals surface area contributed by atoms with Gasteiger partial charge in [-0.05, 0) is 5.92 Å². The molecule has 0 fully saturated rings. The Bertz CT molecular complexity index is 607. The lowest BCUT2D eigenvalue weighted by atomic mass is 10.1.